The number of rotatable bonds is 5. The van der Waals surface area contributed by atoms with Crippen LogP contribution in [0.3, 0.4) is 0 Å². The Balaban J connectivity index is 2.40. The molecule has 0 aromatic carbocycles. The van der Waals surface area contributed by atoms with Gasteiger partial charge in [-0.2, -0.15) is 0 Å². The molecule has 0 radical (unpaired) electrons. The van der Waals surface area contributed by atoms with Crippen molar-refractivity contribution in [1.29, 1.82) is 0 Å². The Labute approximate surface area is 125 Å². The van der Waals surface area contributed by atoms with Crippen LogP contribution in [0.5, 0.6) is 0 Å². The Hall–Kier alpha value is -1.66. The van der Waals surface area contributed by atoms with Crippen molar-refractivity contribution in [3.05, 3.63) is 49.4 Å². The lowest BCUT2D eigenvalue weighted by Gasteiger charge is -2.14. The lowest BCUT2D eigenvalue weighted by Crippen LogP contribution is -2.09. The molecule has 1 unspecified atom stereocenters. The first-order valence-corrected chi connectivity index (χ1v) is 7.41. The number of nitrogens with zero attached hydrogens (tertiary/aromatic N) is 2. The molecule has 2 aromatic rings. The van der Waals surface area contributed by atoms with E-state index in [0.29, 0.717) is 17.1 Å². The van der Waals surface area contributed by atoms with Crippen molar-refractivity contribution in [2.24, 2.45) is 0 Å². The minimum absolute atomic E-state index is 0.0740. The highest BCUT2D eigenvalue weighted by Crippen LogP contribution is 2.36. The number of anilines is 1. The molecular formula is C13H14ClN3O2S. The second kappa shape index (κ2) is 6.19. The Morgan fingerprint density at radius 3 is 2.85 bits per heavy atom. The van der Waals surface area contributed by atoms with Gasteiger partial charge < -0.3 is 5.73 Å². The SMILES string of the molecule is CCC(Cc1sccc1Cl)c1nccc(N)c1[N+](=O)[O-]. The molecule has 0 aliphatic carbocycles. The predicted octanol–water partition coefficient (Wildman–Crippen LogP) is 4.02. The molecule has 0 saturated carbocycles. The zero-order chi connectivity index (χ0) is 14.7. The van der Waals surface area contributed by atoms with Crippen molar-refractivity contribution in [2.45, 2.75) is 25.7 Å². The van der Waals surface area contributed by atoms with E-state index in [2.05, 4.69) is 4.98 Å². The number of nitrogens with two attached hydrogens (primary N) is 1. The van der Waals surface area contributed by atoms with Crippen molar-refractivity contribution in [2.75, 3.05) is 5.73 Å². The largest absolute Gasteiger partial charge is 0.393 e. The molecule has 0 fully saturated rings. The summed E-state index contributed by atoms with van der Waals surface area (Å²) in [6, 6.07) is 3.28. The maximum absolute atomic E-state index is 11.2. The molecular weight excluding hydrogens is 298 g/mol. The van der Waals surface area contributed by atoms with Crippen LogP contribution in [0.25, 0.3) is 0 Å². The fraction of sp³-hybridized carbons (Fsp3) is 0.308. The fourth-order valence-electron chi connectivity index (χ4n) is 2.11. The lowest BCUT2D eigenvalue weighted by molar-refractivity contribution is -0.385. The highest BCUT2D eigenvalue weighted by atomic mass is 35.5. The molecule has 0 bridgehead atoms. The van der Waals surface area contributed by atoms with E-state index in [-0.39, 0.29) is 17.3 Å². The summed E-state index contributed by atoms with van der Waals surface area (Å²) in [5.41, 5.74) is 6.20. The first-order chi connectivity index (χ1) is 9.54. The minimum Gasteiger partial charge on any atom is -0.393 e. The first kappa shape index (κ1) is 14.7. The molecule has 20 heavy (non-hydrogen) atoms. The van der Waals surface area contributed by atoms with Crippen LogP contribution in [0.4, 0.5) is 11.4 Å². The summed E-state index contributed by atoms with van der Waals surface area (Å²) in [5, 5.41) is 13.8. The Bertz CT molecular complexity index is 630. The Kier molecular flexibility index (Phi) is 4.57. The third kappa shape index (κ3) is 2.91. The molecule has 5 nitrogen and oxygen atoms in total. The molecule has 0 aliphatic heterocycles. The van der Waals surface area contributed by atoms with Gasteiger partial charge in [-0.25, -0.2) is 0 Å². The maximum atomic E-state index is 11.2. The van der Waals surface area contributed by atoms with Gasteiger partial charge in [0.1, 0.15) is 11.4 Å². The van der Waals surface area contributed by atoms with Gasteiger partial charge in [0.15, 0.2) is 0 Å². The summed E-state index contributed by atoms with van der Waals surface area (Å²) in [5.74, 6) is -0.0740. The van der Waals surface area contributed by atoms with Crippen LogP contribution in [0, 0.1) is 10.1 Å². The fourth-order valence-corrected chi connectivity index (χ4v) is 3.31. The summed E-state index contributed by atoms with van der Waals surface area (Å²) in [6.45, 7) is 1.97. The Morgan fingerprint density at radius 2 is 2.30 bits per heavy atom. The first-order valence-electron chi connectivity index (χ1n) is 6.15. The number of thiophene rings is 1. The summed E-state index contributed by atoms with van der Waals surface area (Å²) in [6.07, 6.45) is 2.87. The van der Waals surface area contributed by atoms with Gasteiger partial charge in [-0.15, -0.1) is 11.3 Å². The molecule has 106 valence electrons. The van der Waals surface area contributed by atoms with Crippen LogP contribution in [0.15, 0.2) is 23.7 Å². The van der Waals surface area contributed by atoms with Crippen molar-refractivity contribution in [3.63, 3.8) is 0 Å². The van der Waals surface area contributed by atoms with Crippen LogP contribution in [0.1, 0.15) is 29.8 Å². The number of aromatic nitrogens is 1. The average molecular weight is 312 g/mol. The molecule has 2 rings (SSSR count). The molecule has 0 spiro atoms. The van der Waals surface area contributed by atoms with Gasteiger partial charge in [-0.3, -0.25) is 15.1 Å². The van der Waals surface area contributed by atoms with E-state index in [1.165, 1.54) is 12.3 Å². The molecule has 2 N–H and O–H groups in total. The molecule has 0 amide bonds. The number of halogens is 1. The molecule has 0 saturated heterocycles. The van der Waals surface area contributed by atoms with E-state index >= 15 is 0 Å². The van der Waals surface area contributed by atoms with Crippen molar-refractivity contribution >= 4 is 34.3 Å². The smallest absolute Gasteiger partial charge is 0.313 e. The van der Waals surface area contributed by atoms with Gasteiger partial charge in [0.05, 0.1) is 9.95 Å². The molecule has 2 aromatic heterocycles. The van der Waals surface area contributed by atoms with Gasteiger partial charge in [-0.1, -0.05) is 18.5 Å². The third-order valence-corrected chi connectivity index (χ3v) is 4.58. The van der Waals surface area contributed by atoms with E-state index in [0.717, 1.165) is 11.3 Å². The van der Waals surface area contributed by atoms with E-state index < -0.39 is 4.92 Å². The summed E-state index contributed by atoms with van der Waals surface area (Å²) in [7, 11) is 0. The van der Waals surface area contributed by atoms with Crippen LogP contribution in [-0.4, -0.2) is 9.91 Å². The van der Waals surface area contributed by atoms with E-state index in [4.69, 9.17) is 17.3 Å². The van der Waals surface area contributed by atoms with Gasteiger partial charge in [0.25, 0.3) is 0 Å². The molecule has 0 aliphatic rings. The normalized spacial score (nSPS) is 12.3. The Morgan fingerprint density at radius 1 is 1.55 bits per heavy atom. The highest BCUT2D eigenvalue weighted by Gasteiger charge is 2.26. The number of pyridine rings is 1. The van der Waals surface area contributed by atoms with Crippen LogP contribution in [0.2, 0.25) is 5.02 Å². The maximum Gasteiger partial charge on any atom is 0.313 e. The second-order valence-electron chi connectivity index (χ2n) is 4.39. The molecule has 2 heterocycles. The summed E-state index contributed by atoms with van der Waals surface area (Å²) in [4.78, 5) is 15.9. The van der Waals surface area contributed by atoms with Gasteiger partial charge in [0.2, 0.25) is 0 Å². The zero-order valence-corrected chi connectivity index (χ0v) is 12.4. The minimum atomic E-state index is -0.462. The van der Waals surface area contributed by atoms with Crippen molar-refractivity contribution in [1.82, 2.24) is 4.98 Å². The van der Waals surface area contributed by atoms with E-state index in [9.17, 15) is 10.1 Å². The van der Waals surface area contributed by atoms with Crippen LogP contribution in [-0.2, 0) is 6.42 Å². The van der Waals surface area contributed by atoms with E-state index in [1.807, 2.05) is 18.4 Å². The molecule has 7 heteroatoms. The number of hydrogen-bond donors (Lipinski definition) is 1. The summed E-state index contributed by atoms with van der Waals surface area (Å²) >= 11 is 7.64. The van der Waals surface area contributed by atoms with Gasteiger partial charge >= 0.3 is 5.69 Å². The van der Waals surface area contributed by atoms with Gasteiger partial charge in [-0.05, 0) is 30.4 Å². The number of nitro groups is 1. The second-order valence-corrected chi connectivity index (χ2v) is 5.80. The number of hydrogen-bond acceptors (Lipinski definition) is 5. The quantitative estimate of drug-likeness (QED) is 0.667. The monoisotopic (exact) mass is 311 g/mol. The van der Waals surface area contributed by atoms with Crippen LogP contribution >= 0.6 is 22.9 Å². The molecule has 1 atom stereocenters. The zero-order valence-electron chi connectivity index (χ0n) is 10.9. The highest BCUT2D eigenvalue weighted by molar-refractivity contribution is 7.10. The topological polar surface area (TPSA) is 82.0 Å². The lowest BCUT2D eigenvalue weighted by atomic mass is 9.95. The van der Waals surface area contributed by atoms with Crippen LogP contribution < -0.4 is 5.73 Å². The van der Waals surface area contributed by atoms with Crippen molar-refractivity contribution < 1.29 is 4.92 Å². The number of nitrogen functional groups attached to an aromatic ring is 1. The average Bonchev–Trinajstić information content (AvgIpc) is 2.80. The standard InChI is InChI=1S/C13H14ClN3O2S/c1-2-8(7-11-9(14)4-6-20-11)12-13(17(18)19)10(15)3-5-16-12/h3-6,8H,2,7H2,1H3,(H2,15,16). The third-order valence-electron chi connectivity index (χ3n) is 3.17. The summed E-state index contributed by atoms with van der Waals surface area (Å²) < 4.78 is 0. The van der Waals surface area contributed by atoms with Gasteiger partial charge in [0, 0.05) is 17.0 Å². The van der Waals surface area contributed by atoms with Crippen molar-refractivity contribution in [3.8, 4) is 0 Å². The van der Waals surface area contributed by atoms with E-state index in [1.54, 1.807) is 11.3 Å². The predicted molar refractivity (Wildman–Crippen MR) is 81.4 cm³/mol.